The van der Waals surface area contributed by atoms with Crippen LogP contribution in [-0.4, -0.2) is 48.9 Å². The molecule has 4 bridgehead atoms. The second-order valence-corrected chi connectivity index (χ2v) is 17.1. The molecule has 9 heteroatoms. The number of benzene rings is 3. The van der Waals surface area contributed by atoms with Gasteiger partial charge in [0.1, 0.15) is 11.4 Å². The summed E-state index contributed by atoms with van der Waals surface area (Å²) in [5.74, 6) is 1.19. The summed E-state index contributed by atoms with van der Waals surface area (Å²) in [5, 5.41) is 5.02. The molecule has 7 rings (SSSR count). The van der Waals surface area contributed by atoms with Gasteiger partial charge in [-0.15, -0.1) is 0 Å². The number of nitrogens with zero attached hydrogens (tertiary/aromatic N) is 5. The maximum atomic E-state index is 13.7. The van der Waals surface area contributed by atoms with E-state index in [0.29, 0.717) is 23.4 Å². The zero-order chi connectivity index (χ0) is 36.2. The van der Waals surface area contributed by atoms with Crippen molar-refractivity contribution < 1.29 is 9.29 Å². The molecule has 0 spiro atoms. The molecule has 1 saturated heterocycles. The van der Waals surface area contributed by atoms with Crippen LogP contribution in [-0.2, 0) is 24.3 Å². The van der Waals surface area contributed by atoms with Crippen molar-refractivity contribution in [3.05, 3.63) is 119 Å². The molecule has 0 radical (unpaired) electrons. The van der Waals surface area contributed by atoms with E-state index in [1.165, 1.54) is 11.1 Å². The van der Waals surface area contributed by atoms with Gasteiger partial charge in [-0.05, 0) is 97.2 Å². The molecule has 0 amide bonds. The number of likely N-dealkylation sites (tertiary alicyclic amines) is 1. The average Bonchev–Trinajstić information content (AvgIpc) is 3.60. The maximum absolute atomic E-state index is 13.7. The van der Waals surface area contributed by atoms with Crippen molar-refractivity contribution >= 4 is 17.3 Å². The summed E-state index contributed by atoms with van der Waals surface area (Å²) < 4.78 is 25.7. The molecule has 1 N–H and O–H groups in total. The molecular formula is C43H52N6O2S. The summed E-state index contributed by atoms with van der Waals surface area (Å²) in [5.41, 5.74) is 7.89. The van der Waals surface area contributed by atoms with Gasteiger partial charge in [0, 0.05) is 43.4 Å². The predicted octanol–water partition coefficient (Wildman–Crippen LogP) is 9.09. The Balaban J connectivity index is 1.19. The van der Waals surface area contributed by atoms with Gasteiger partial charge in [-0.3, -0.25) is 9.58 Å². The van der Waals surface area contributed by atoms with E-state index in [9.17, 15) is 4.55 Å². The van der Waals surface area contributed by atoms with Crippen molar-refractivity contribution in [1.29, 1.82) is 0 Å². The maximum Gasteiger partial charge on any atom is 0.269 e. The van der Waals surface area contributed by atoms with E-state index in [1.54, 1.807) is 0 Å². The number of piperidine rings is 1. The minimum atomic E-state index is -1.54. The third kappa shape index (κ3) is 8.88. The van der Waals surface area contributed by atoms with Gasteiger partial charge in [0.15, 0.2) is 4.90 Å². The standard InChI is InChI=1S/C43H52N6O2S/c1-30-11-9-12-31(2)41(30)39-24-40-46-42(45-39)47-52(50)37-16-10-15-32(23-37)17-18-38(34(29-51-40)25-43(3,4)5)35-26-44-49(28-35)36-19-21-48(22-20-36)27-33-13-7-6-8-14-33/h6-16,23-24,26,28,34,36,38H,17-22,25,27,29H2,1-5H3,(H,45,46,47)/t34-,38?,52?/m1/s1. The second-order valence-electron chi connectivity index (χ2n) is 15.9. The SMILES string of the molecule is Cc1cccc(C)c1-c1cc2nc(n1)N[S+]([O-])c1cccc(c1)CCC(c1cnn(C3CCN(Cc4ccccc4)CC3)c1)[C@H](CC(C)(C)C)CO2. The van der Waals surface area contributed by atoms with Gasteiger partial charge in [-0.25, -0.2) is 4.98 Å². The minimum Gasteiger partial charge on any atom is -0.588 e. The Morgan fingerprint density at radius 3 is 2.40 bits per heavy atom. The fourth-order valence-electron chi connectivity index (χ4n) is 8.07. The molecule has 272 valence electrons. The number of aromatic nitrogens is 4. The summed E-state index contributed by atoms with van der Waals surface area (Å²) in [7, 11) is 0. The number of anilines is 1. The summed E-state index contributed by atoms with van der Waals surface area (Å²) in [6, 6.07) is 27.4. The van der Waals surface area contributed by atoms with Crippen molar-refractivity contribution in [2.75, 3.05) is 24.4 Å². The van der Waals surface area contributed by atoms with Crippen LogP contribution in [0.25, 0.3) is 11.3 Å². The molecular weight excluding hydrogens is 665 g/mol. The molecule has 1 fully saturated rings. The second kappa shape index (κ2) is 15.8. The Morgan fingerprint density at radius 2 is 1.65 bits per heavy atom. The number of nitrogens with one attached hydrogen (secondary N) is 1. The van der Waals surface area contributed by atoms with Gasteiger partial charge in [-0.1, -0.05) is 81.4 Å². The first kappa shape index (κ1) is 36.2. The zero-order valence-electron chi connectivity index (χ0n) is 31.2. The number of hydrogen-bond acceptors (Lipinski definition) is 7. The van der Waals surface area contributed by atoms with E-state index < -0.39 is 11.4 Å². The highest BCUT2D eigenvalue weighted by molar-refractivity contribution is 7.92. The average molecular weight is 717 g/mol. The lowest BCUT2D eigenvalue weighted by Gasteiger charge is -2.33. The van der Waals surface area contributed by atoms with Crippen molar-refractivity contribution in [3.63, 3.8) is 0 Å². The number of hydrogen-bond donors (Lipinski definition) is 1. The van der Waals surface area contributed by atoms with Crippen LogP contribution < -0.4 is 9.46 Å². The summed E-state index contributed by atoms with van der Waals surface area (Å²) in [4.78, 5) is 12.9. The molecule has 4 heterocycles. The van der Waals surface area contributed by atoms with E-state index in [2.05, 4.69) is 122 Å². The minimum absolute atomic E-state index is 0.0813. The van der Waals surface area contributed by atoms with Gasteiger partial charge >= 0.3 is 0 Å². The highest BCUT2D eigenvalue weighted by Gasteiger charge is 2.31. The molecule has 0 aliphatic carbocycles. The summed E-state index contributed by atoms with van der Waals surface area (Å²) in [6.45, 7) is 14.7. The molecule has 2 aliphatic rings. The highest BCUT2D eigenvalue weighted by atomic mass is 32.2. The van der Waals surface area contributed by atoms with Gasteiger partial charge in [-0.2, -0.15) is 14.8 Å². The Morgan fingerprint density at radius 1 is 0.904 bits per heavy atom. The monoisotopic (exact) mass is 716 g/mol. The Kier molecular flexibility index (Phi) is 11.0. The summed E-state index contributed by atoms with van der Waals surface area (Å²) >= 11 is -1.54. The van der Waals surface area contributed by atoms with E-state index in [4.69, 9.17) is 19.8 Å². The van der Waals surface area contributed by atoms with Crippen molar-refractivity contribution in [3.8, 4) is 17.1 Å². The third-order valence-corrected chi connectivity index (χ3v) is 11.6. The lowest BCUT2D eigenvalue weighted by molar-refractivity contribution is 0.163. The topological polar surface area (TPSA) is 91.2 Å². The van der Waals surface area contributed by atoms with Crippen molar-refractivity contribution in [1.82, 2.24) is 24.6 Å². The number of aryl methyl sites for hydroxylation is 3. The molecule has 5 aromatic rings. The van der Waals surface area contributed by atoms with Crippen LogP contribution in [0.1, 0.15) is 86.2 Å². The van der Waals surface area contributed by atoms with Gasteiger partial charge < -0.3 is 9.29 Å². The highest BCUT2D eigenvalue weighted by Crippen LogP contribution is 2.39. The quantitative estimate of drug-likeness (QED) is 0.175. The zero-order valence-corrected chi connectivity index (χ0v) is 32.0. The van der Waals surface area contributed by atoms with Crippen LogP contribution in [0.2, 0.25) is 0 Å². The molecule has 8 nitrogen and oxygen atoms in total. The molecule has 2 aromatic heterocycles. The molecule has 2 unspecified atom stereocenters. The van der Waals surface area contributed by atoms with Crippen LogP contribution in [0, 0.1) is 25.2 Å². The normalized spacial score (nSPS) is 20.5. The fourth-order valence-corrected chi connectivity index (χ4v) is 8.91. The fraction of sp³-hybridized carbons (Fsp3) is 0.419. The number of ether oxygens (including phenoxy) is 1. The van der Waals surface area contributed by atoms with Crippen molar-refractivity contribution in [2.45, 2.75) is 90.1 Å². The number of fused-ring (bicyclic) bond motifs is 4. The van der Waals surface area contributed by atoms with E-state index in [1.807, 2.05) is 18.2 Å². The number of rotatable bonds is 6. The van der Waals surface area contributed by atoms with Crippen LogP contribution in [0.4, 0.5) is 5.95 Å². The lowest BCUT2D eigenvalue weighted by Crippen LogP contribution is -2.34. The smallest absolute Gasteiger partial charge is 0.269 e. The Bertz CT molecular complexity index is 1930. The lowest BCUT2D eigenvalue weighted by atomic mass is 9.75. The molecule has 2 aliphatic heterocycles. The van der Waals surface area contributed by atoms with Crippen LogP contribution in [0.15, 0.2) is 96.2 Å². The Labute approximate surface area is 312 Å². The van der Waals surface area contributed by atoms with Crippen LogP contribution >= 0.6 is 0 Å². The van der Waals surface area contributed by atoms with Crippen molar-refractivity contribution in [2.24, 2.45) is 11.3 Å². The van der Waals surface area contributed by atoms with Gasteiger partial charge in [0.25, 0.3) is 5.95 Å². The molecule has 3 atom stereocenters. The molecule has 52 heavy (non-hydrogen) atoms. The molecule has 3 aromatic carbocycles. The van der Waals surface area contributed by atoms with Gasteiger partial charge in [0.2, 0.25) is 5.88 Å². The third-order valence-electron chi connectivity index (χ3n) is 10.6. The largest absolute Gasteiger partial charge is 0.588 e. The first-order valence-electron chi connectivity index (χ1n) is 18.7. The van der Waals surface area contributed by atoms with Crippen LogP contribution in [0.3, 0.4) is 0 Å². The first-order valence-corrected chi connectivity index (χ1v) is 19.9. The van der Waals surface area contributed by atoms with Gasteiger partial charge in [0.05, 0.1) is 24.5 Å². The Hall–Kier alpha value is -4.18. The predicted molar refractivity (Wildman–Crippen MR) is 210 cm³/mol. The summed E-state index contributed by atoms with van der Waals surface area (Å²) in [6.07, 6.45) is 9.36. The van der Waals surface area contributed by atoms with Crippen LogP contribution in [0.5, 0.6) is 5.88 Å². The van der Waals surface area contributed by atoms with E-state index >= 15 is 0 Å². The van der Waals surface area contributed by atoms with E-state index in [0.717, 1.165) is 79.7 Å². The molecule has 0 saturated carbocycles. The van der Waals surface area contributed by atoms with E-state index in [-0.39, 0.29) is 23.2 Å². The first-order chi connectivity index (χ1) is 25.1.